The molecule has 0 saturated carbocycles. The highest BCUT2D eigenvalue weighted by Gasteiger charge is 1.86. The average Bonchev–Trinajstić information content (AvgIpc) is 1.98. The molecule has 1 nitrogen and oxygen atoms in total. The molecule has 0 aliphatic rings. The number of halogens is 9. The lowest BCUT2D eigenvalue weighted by Gasteiger charge is -1.95. The Bertz CT molecular complexity index is 98.6. The Morgan fingerprint density at radius 1 is 0.667 bits per heavy atom. The van der Waals surface area contributed by atoms with Crippen molar-refractivity contribution < 1.29 is 5.11 Å². The van der Waals surface area contributed by atoms with Crippen LogP contribution in [0.4, 0.5) is 0 Å². The molecule has 0 aliphatic carbocycles. The highest BCUT2D eigenvalue weighted by molar-refractivity contribution is 6.63. The van der Waals surface area contributed by atoms with E-state index in [1.165, 1.54) is 0 Å². The van der Waals surface area contributed by atoms with Gasteiger partial charge in [-0.05, 0) is 12.3 Å². The van der Waals surface area contributed by atoms with Crippen molar-refractivity contribution in [1.82, 2.24) is 0 Å². The Labute approximate surface area is 154 Å². The third-order valence-electron chi connectivity index (χ3n) is 0.706. The van der Waals surface area contributed by atoms with Gasteiger partial charge in [0.05, 0.1) is 0 Å². The maximum Gasteiger partial charge on any atom is 0.180 e. The standard InChI is InChI=1S/C5H12O.3CHCl3/c1-5(2)3-4-6;3*2-1(3)4/h5-6H,3-4H2,1-2H3;3*1H. The molecule has 0 fully saturated rings. The lowest BCUT2D eigenvalue weighted by Crippen LogP contribution is -1.89. The van der Waals surface area contributed by atoms with Crippen LogP contribution < -0.4 is 0 Å². The minimum atomic E-state index is -0.750. The zero-order valence-corrected chi connectivity index (χ0v) is 16.4. The van der Waals surface area contributed by atoms with Crippen molar-refractivity contribution >= 4 is 104 Å². The number of alkyl halides is 9. The molecule has 0 radical (unpaired) electrons. The van der Waals surface area contributed by atoms with Crippen LogP contribution in [0.25, 0.3) is 0 Å². The minimum absolute atomic E-state index is 0.331. The molecule has 0 unspecified atom stereocenters. The van der Waals surface area contributed by atoms with Gasteiger partial charge in [0.15, 0.2) is 12.9 Å². The molecule has 0 saturated heterocycles. The molecule has 1 N–H and O–H groups in total. The van der Waals surface area contributed by atoms with Crippen molar-refractivity contribution in [2.24, 2.45) is 5.92 Å². The maximum absolute atomic E-state index is 8.24. The highest BCUT2D eigenvalue weighted by Crippen LogP contribution is 2.04. The van der Waals surface area contributed by atoms with E-state index >= 15 is 0 Å². The predicted molar refractivity (Wildman–Crippen MR) is 90.6 cm³/mol. The van der Waals surface area contributed by atoms with Gasteiger partial charge in [-0.2, -0.15) is 0 Å². The van der Waals surface area contributed by atoms with Gasteiger partial charge in [0.2, 0.25) is 0 Å². The van der Waals surface area contributed by atoms with Crippen molar-refractivity contribution in [2.45, 2.75) is 33.2 Å². The number of aliphatic hydroxyl groups excluding tert-OH is 1. The Morgan fingerprint density at radius 2 is 0.833 bits per heavy atom. The van der Waals surface area contributed by atoms with Crippen molar-refractivity contribution in [1.29, 1.82) is 0 Å². The summed E-state index contributed by atoms with van der Waals surface area (Å²) < 4.78 is -2.25. The Hall–Kier alpha value is 2.57. The molecular weight excluding hydrogens is 431 g/mol. The van der Waals surface area contributed by atoms with Crippen molar-refractivity contribution in [3.8, 4) is 0 Å². The Balaban J connectivity index is -0.0000000742. The van der Waals surface area contributed by atoms with Crippen molar-refractivity contribution in [2.75, 3.05) is 6.61 Å². The average molecular weight is 446 g/mol. The summed E-state index contributed by atoms with van der Waals surface area (Å²) >= 11 is 43.3. The maximum atomic E-state index is 8.24. The second-order valence-electron chi connectivity index (χ2n) is 2.65. The first kappa shape index (κ1) is 28.7. The minimum Gasteiger partial charge on any atom is -0.396 e. The summed E-state index contributed by atoms with van der Waals surface area (Å²) in [7, 11) is 0. The molecule has 0 heterocycles. The molecule has 116 valence electrons. The van der Waals surface area contributed by atoms with Crippen molar-refractivity contribution in [3.05, 3.63) is 0 Å². The van der Waals surface area contributed by atoms with E-state index in [0.29, 0.717) is 12.5 Å². The predicted octanol–water partition coefficient (Wildman–Crippen LogP) is 6.98. The first-order valence-electron chi connectivity index (χ1n) is 4.34. The monoisotopic (exact) mass is 442 g/mol. The topological polar surface area (TPSA) is 20.2 Å². The van der Waals surface area contributed by atoms with Crippen LogP contribution in [-0.2, 0) is 0 Å². The van der Waals surface area contributed by atoms with E-state index in [0.717, 1.165) is 6.42 Å². The summed E-state index contributed by atoms with van der Waals surface area (Å²) in [5.41, 5.74) is 0. The van der Waals surface area contributed by atoms with Gasteiger partial charge in [0.1, 0.15) is 0 Å². The fourth-order valence-corrected chi connectivity index (χ4v) is 0.258. The molecule has 0 spiro atoms. The first-order valence-corrected chi connectivity index (χ1v) is 8.27. The summed E-state index contributed by atoms with van der Waals surface area (Å²) in [6.45, 7) is 4.52. The zero-order valence-electron chi connectivity index (χ0n) is 9.57. The van der Waals surface area contributed by atoms with E-state index in [2.05, 4.69) is 13.8 Å². The molecule has 0 aromatic heterocycles. The van der Waals surface area contributed by atoms with Crippen LogP contribution in [0.15, 0.2) is 0 Å². The summed E-state index contributed by atoms with van der Waals surface area (Å²) in [6, 6.07) is 0. The van der Waals surface area contributed by atoms with Gasteiger partial charge in [-0.3, -0.25) is 0 Å². The van der Waals surface area contributed by atoms with Gasteiger partial charge in [-0.25, -0.2) is 0 Å². The summed E-state index contributed by atoms with van der Waals surface area (Å²) in [6.07, 6.45) is 0.931. The van der Waals surface area contributed by atoms with E-state index in [1.807, 2.05) is 0 Å². The molecule has 0 aromatic rings. The smallest absolute Gasteiger partial charge is 0.180 e. The Morgan fingerprint density at radius 3 is 0.833 bits per heavy atom. The normalized spacial score (nSPS) is 9.33. The van der Waals surface area contributed by atoms with Gasteiger partial charge >= 0.3 is 0 Å². The lowest BCUT2D eigenvalue weighted by molar-refractivity contribution is 0.268. The van der Waals surface area contributed by atoms with E-state index in [1.54, 1.807) is 0 Å². The fraction of sp³-hybridized carbons (Fsp3) is 1.00. The molecular formula is C8H15Cl9O. The number of hydrogen-bond donors (Lipinski definition) is 1. The molecule has 10 heteroatoms. The van der Waals surface area contributed by atoms with Crippen LogP contribution in [0.1, 0.15) is 20.3 Å². The molecule has 0 aromatic carbocycles. The van der Waals surface area contributed by atoms with Crippen LogP contribution in [0.5, 0.6) is 0 Å². The van der Waals surface area contributed by atoms with Crippen LogP contribution >= 0.6 is 104 Å². The van der Waals surface area contributed by atoms with E-state index < -0.39 is 12.9 Å². The number of hydrogen-bond acceptors (Lipinski definition) is 1. The van der Waals surface area contributed by atoms with Gasteiger partial charge in [0, 0.05) is 6.61 Å². The van der Waals surface area contributed by atoms with Crippen LogP contribution in [0, 0.1) is 5.92 Å². The molecule has 0 aliphatic heterocycles. The quantitative estimate of drug-likeness (QED) is 0.454. The first-order chi connectivity index (χ1) is 7.97. The van der Waals surface area contributed by atoms with Gasteiger partial charge in [-0.15, -0.1) is 0 Å². The summed E-state index contributed by atoms with van der Waals surface area (Å²) in [5, 5.41) is 8.24. The second-order valence-corrected chi connectivity index (χ2v) is 8.59. The molecule has 0 rings (SSSR count). The highest BCUT2D eigenvalue weighted by atomic mass is 35.6. The molecule has 18 heavy (non-hydrogen) atoms. The third-order valence-corrected chi connectivity index (χ3v) is 0.706. The van der Waals surface area contributed by atoms with Gasteiger partial charge < -0.3 is 5.11 Å². The van der Waals surface area contributed by atoms with E-state index in [9.17, 15) is 0 Å². The molecule has 0 atom stereocenters. The lowest BCUT2D eigenvalue weighted by atomic mass is 10.2. The van der Waals surface area contributed by atoms with Crippen LogP contribution in [0.3, 0.4) is 0 Å². The van der Waals surface area contributed by atoms with Crippen LogP contribution in [-0.4, -0.2) is 24.6 Å². The van der Waals surface area contributed by atoms with Gasteiger partial charge in [-0.1, -0.05) is 118 Å². The van der Waals surface area contributed by atoms with E-state index in [4.69, 9.17) is 110 Å². The number of rotatable bonds is 2. The fourth-order valence-electron chi connectivity index (χ4n) is 0.258. The van der Waals surface area contributed by atoms with Gasteiger partial charge in [0.25, 0.3) is 0 Å². The third kappa shape index (κ3) is 185. The van der Waals surface area contributed by atoms with Crippen molar-refractivity contribution in [3.63, 3.8) is 0 Å². The Kier molecular flexibility index (Phi) is 39.2. The number of aliphatic hydroxyl groups is 1. The molecule has 0 bridgehead atoms. The SMILES string of the molecule is CC(C)CCO.ClC(Cl)Cl.ClC(Cl)Cl.ClC(Cl)Cl. The van der Waals surface area contributed by atoms with E-state index in [-0.39, 0.29) is 0 Å². The summed E-state index contributed by atoms with van der Waals surface area (Å²) in [4.78, 5) is 0. The zero-order chi connectivity index (χ0) is 15.7. The molecule has 0 amide bonds. The largest absolute Gasteiger partial charge is 0.396 e. The van der Waals surface area contributed by atoms with Crippen LogP contribution in [0.2, 0.25) is 0 Å². The second kappa shape index (κ2) is 24.6. The summed E-state index contributed by atoms with van der Waals surface area (Å²) in [5.74, 6) is 0.648.